The first-order chi connectivity index (χ1) is 3.63. The summed E-state index contributed by atoms with van der Waals surface area (Å²) in [7, 11) is 2.36. The van der Waals surface area contributed by atoms with E-state index in [4.69, 9.17) is 23.2 Å². The Bertz CT molecular complexity index is 96.6. The highest BCUT2D eigenvalue weighted by molar-refractivity contribution is 8.91. The predicted molar refractivity (Wildman–Crippen MR) is 52.1 cm³/mol. The molecule has 0 saturated carbocycles. The van der Waals surface area contributed by atoms with E-state index >= 15 is 0 Å². The van der Waals surface area contributed by atoms with E-state index in [2.05, 4.69) is 24.4 Å². The number of halogens is 2. The highest BCUT2D eigenvalue weighted by atomic mass is 35.5. The first-order valence-corrected chi connectivity index (χ1v) is 5.08. The quantitative estimate of drug-likeness (QED) is 0.350. The fourth-order valence-electron chi connectivity index (χ4n) is 0.0655. The third-order valence-electron chi connectivity index (χ3n) is 0.173. The van der Waals surface area contributed by atoms with Crippen molar-refractivity contribution in [2.45, 2.75) is 0 Å². The van der Waals surface area contributed by atoms with E-state index in [0.717, 1.165) is 0 Å². The molecule has 0 aliphatic heterocycles. The van der Waals surface area contributed by atoms with Crippen LogP contribution in [0.4, 0.5) is 0 Å². The molecule has 0 unspecified atom stereocenters. The zero-order valence-electron chi connectivity index (χ0n) is 3.39. The van der Waals surface area contributed by atoms with Gasteiger partial charge in [0.1, 0.15) is 7.31 Å². The minimum atomic E-state index is 0.318. The van der Waals surface area contributed by atoms with Gasteiger partial charge in [0.15, 0.2) is 0 Å². The summed E-state index contributed by atoms with van der Waals surface area (Å²) in [5.41, 5.74) is 0. The molecule has 0 N–H and O–H groups in total. The Morgan fingerprint density at radius 1 is 1.00 bits per heavy atom. The molecule has 0 bridgehead atoms. The summed E-state index contributed by atoms with van der Waals surface area (Å²) < 4.78 is 0.635. The van der Waals surface area contributed by atoms with E-state index in [-0.39, 0.29) is 0 Å². The molecule has 0 amide bonds. The van der Waals surface area contributed by atoms with Gasteiger partial charge in [0, 0.05) is 0 Å². The Balaban J connectivity index is 3.18. The van der Waals surface area contributed by atoms with E-state index in [1.807, 2.05) is 0 Å². The lowest BCUT2D eigenvalue weighted by Crippen LogP contribution is -1.67. The number of hydrogen-bond acceptors (Lipinski definition) is 4. The summed E-state index contributed by atoms with van der Waals surface area (Å²) in [5.74, 6) is 0. The van der Waals surface area contributed by atoms with Crippen molar-refractivity contribution in [2.75, 3.05) is 0 Å². The van der Waals surface area contributed by atoms with Crippen LogP contribution in [0.25, 0.3) is 0 Å². The van der Waals surface area contributed by atoms with Gasteiger partial charge in [-0.3, -0.25) is 0 Å². The van der Waals surface area contributed by atoms with E-state index in [9.17, 15) is 0 Å². The van der Waals surface area contributed by atoms with Crippen LogP contribution in [0, 0.1) is 0 Å². The van der Waals surface area contributed by atoms with Crippen LogP contribution in [0.15, 0.2) is 0 Å². The van der Waals surface area contributed by atoms with Crippen molar-refractivity contribution in [1.29, 1.82) is 0 Å². The molecule has 0 radical (unpaired) electrons. The molecule has 0 aromatic rings. The molecule has 0 spiro atoms. The molecule has 0 atom stereocenters. The Hall–Kier alpha value is 1.46. The van der Waals surface area contributed by atoms with Gasteiger partial charge in [-0.05, 0) is 21.6 Å². The maximum absolute atomic E-state index is 5.28. The Labute approximate surface area is 76.1 Å². The standard InChI is InChI=1S/C2Cl2S4/c3-1(5)7-8-2(4)6. The Morgan fingerprint density at radius 3 is 1.38 bits per heavy atom. The maximum atomic E-state index is 5.28. The molecule has 0 heterocycles. The predicted octanol–water partition coefficient (Wildman–Crippen LogP) is 3.42. The average Bonchev–Trinajstić information content (AvgIpc) is 1.61. The van der Waals surface area contributed by atoms with Crippen molar-refractivity contribution in [1.82, 2.24) is 0 Å². The molecule has 0 saturated heterocycles. The van der Waals surface area contributed by atoms with Crippen LogP contribution in [0.2, 0.25) is 0 Å². The van der Waals surface area contributed by atoms with Gasteiger partial charge in [-0.1, -0.05) is 47.6 Å². The normalized spacial score (nSPS) is 8.75. The SMILES string of the molecule is S=C(Cl)SSC(=S)Cl. The van der Waals surface area contributed by atoms with E-state index < -0.39 is 0 Å². The van der Waals surface area contributed by atoms with Gasteiger partial charge >= 0.3 is 0 Å². The molecule has 0 aliphatic carbocycles. The second-order valence-corrected chi connectivity index (χ2v) is 5.78. The van der Waals surface area contributed by atoms with Gasteiger partial charge in [0.2, 0.25) is 0 Å². The summed E-state index contributed by atoms with van der Waals surface area (Å²) in [6.07, 6.45) is 0. The highest BCUT2D eigenvalue weighted by Gasteiger charge is 1.94. The lowest BCUT2D eigenvalue weighted by atomic mass is 11.9. The lowest BCUT2D eigenvalue weighted by molar-refractivity contribution is 3.96. The number of hydrogen-bond donors (Lipinski definition) is 0. The third kappa shape index (κ3) is 7.46. The molecular formula is C2Cl2S4. The van der Waals surface area contributed by atoms with Crippen LogP contribution in [-0.2, 0) is 0 Å². The second-order valence-electron chi connectivity index (χ2n) is 0.642. The van der Waals surface area contributed by atoms with Gasteiger partial charge in [-0.15, -0.1) is 0 Å². The fourth-order valence-corrected chi connectivity index (χ4v) is 1.77. The van der Waals surface area contributed by atoms with E-state index in [1.54, 1.807) is 0 Å². The number of rotatable bonds is 0. The monoisotopic (exact) mass is 222 g/mol. The molecule has 46 valence electrons. The first-order valence-electron chi connectivity index (χ1n) is 1.36. The summed E-state index contributed by atoms with van der Waals surface area (Å²) in [4.78, 5) is 0. The minimum Gasteiger partial charge on any atom is -0.0629 e. The van der Waals surface area contributed by atoms with Gasteiger partial charge in [-0.2, -0.15) is 0 Å². The topological polar surface area (TPSA) is 0 Å². The van der Waals surface area contributed by atoms with Crippen LogP contribution in [0.3, 0.4) is 0 Å². The van der Waals surface area contributed by atoms with Crippen LogP contribution in [0.5, 0.6) is 0 Å². The molecule has 0 fully saturated rings. The smallest absolute Gasteiger partial charge is 0.0629 e. The van der Waals surface area contributed by atoms with Crippen molar-refractivity contribution < 1.29 is 0 Å². The maximum Gasteiger partial charge on any atom is 0.147 e. The fraction of sp³-hybridized carbons (Fsp3) is 0. The van der Waals surface area contributed by atoms with Crippen LogP contribution in [0.1, 0.15) is 0 Å². The molecular weight excluding hydrogens is 223 g/mol. The highest BCUT2D eigenvalue weighted by Crippen LogP contribution is 2.27. The molecule has 0 nitrogen and oxygen atoms in total. The van der Waals surface area contributed by atoms with Gasteiger partial charge in [0.25, 0.3) is 0 Å². The summed E-state index contributed by atoms with van der Waals surface area (Å²) in [6.45, 7) is 0. The van der Waals surface area contributed by atoms with Crippen molar-refractivity contribution in [2.24, 2.45) is 0 Å². The van der Waals surface area contributed by atoms with Crippen LogP contribution in [-0.4, -0.2) is 7.31 Å². The summed E-state index contributed by atoms with van der Waals surface area (Å²) >= 11 is 19.6. The molecule has 0 aliphatic rings. The van der Waals surface area contributed by atoms with Crippen molar-refractivity contribution in [3.63, 3.8) is 0 Å². The van der Waals surface area contributed by atoms with E-state index in [1.165, 1.54) is 21.6 Å². The Morgan fingerprint density at radius 2 is 1.25 bits per heavy atom. The first kappa shape index (κ1) is 9.46. The molecule has 0 rings (SSSR count). The van der Waals surface area contributed by atoms with Gasteiger partial charge in [-0.25, -0.2) is 0 Å². The van der Waals surface area contributed by atoms with Crippen molar-refractivity contribution in [3.8, 4) is 0 Å². The summed E-state index contributed by atoms with van der Waals surface area (Å²) in [5, 5.41) is 0. The second kappa shape index (κ2) is 5.26. The zero-order chi connectivity index (χ0) is 6.57. The average molecular weight is 223 g/mol. The lowest BCUT2D eigenvalue weighted by Gasteiger charge is -1.87. The molecule has 8 heavy (non-hydrogen) atoms. The Kier molecular flexibility index (Phi) is 6.22. The van der Waals surface area contributed by atoms with Gasteiger partial charge in [0.05, 0.1) is 0 Å². The minimum absolute atomic E-state index is 0.318. The largest absolute Gasteiger partial charge is 0.147 e. The summed E-state index contributed by atoms with van der Waals surface area (Å²) in [6, 6.07) is 0. The van der Waals surface area contributed by atoms with Crippen molar-refractivity contribution in [3.05, 3.63) is 0 Å². The molecule has 0 aromatic carbocycles. The number of thiocarbonyl (C=S) groups is 2. The van der Waals surface area contributed by atoms with Crippen LogP contribution >= 0.6 is 69.2 Å². The van der Waals surface area contributed by atoms with Crippen LogP contribution < -0.4 is 0 Å². The zero-order valence-corrected chi connectivity index (χ0v) is 8.17. The molecule has 6 heteroatoms. The van der Waals surface area contributed by atoms with E-state index in [0.29, 0.717) is 7.31 Å². The molecule has 0 aromatic heterocycles. The third-order valence-corrected chi connectivity index (χ3v) is 3.91. The van der Waals surface area contributed by atoms with Gasteiger partial charge < -0.3 is 0 Å². The van der Waals surface area contributed by atoms with Crippen molar-refractivity contribution >= 4 is 76.5 Å².